The second-order valence-electron chi connectivity index (χ2n) is 3.22. The maximum atomic E-state index is 5.85. The first-order chi connectivity index (χ1) is 7.81. The van der Waals surface area contributed by atoms with Gasteiger partial charge >= 0.3 is 0 Å². The lowest BCUT2D eigenvalue weighted by molar-refractivity contribution is 0.182. The Morgan fingerprint density at radius 3 is 3.19 bits per heavy atom. The number of methoxy groups -OCH3 is 1. The van der Waals surface area contributed by atoms with E-state index in [4.69, 9.17) is 15.0 Å². The van der Waals surface area contributed by atoms with Crippen LogP contribution < -0.4 is 5.73 Å². The van der Waals surface area contributed by atoms with Crippen LogP contribution in [0.5, 0.6) is 0 Å². The molecule has 1 unspecified atom stereocenters. The fourth-order valence-corrected chi connectivity index (χ4v) is 1.71. The first kappa shape index (κ1) is 11.2. The van der Waals surface area contributed by atoms with Crippen molar-refractivity contribution in [2.75, 3.05) is 13.7 Å². The number of thiazole rings is 1. The van der Waals surface area contributed by atoms with Crippen molar-refractivity contribution >= 4 is 11.3 Å². The van der Waals surface area contributed by atoms with Crippen LogP contribution in [-0.2, 0) is 4.74 Å². The molecule has 2 heterocycles. The quantitative estimate of drug-likeness (QED) is 0.845. The Hall–Kier alpha value is -1.31. The largest absolute Gasteiger partial charge is 0.385 e. The average molecular weight is 240 g/mol. The Kier molecular flexibility index (Phi) is 3.60. The summed E-state index contributed by atoms with van der Waals surface area (Å²) < 4.78 is 10.0. The molecule has 6 nitrogen and oxygen atoms in total. The highest BCUT2D eigenvalue weighted by Crippen LogP contribution is 2.18. The van der Waals surface area contributed by atoms with Gasteiger partial charge in [-0.1, -0.05) is 5.16 Å². The third kappa shape index (κ3) is 2.43. The van der Waals surface area contributed by atoms with Crippen molar-refractivity contribution in [1.82, 2.24) is 15.1 Å². The Balaban J connectivity index is 2.07. The van der Waals surface area contributed by atoms with E-state index in [0.29, 0.717) is 30.4 Å². The van der Waals surface area contributed by atoms with Crippen molar-refractivity contribution < 1.29 is 9.26 Å². The van der Waals surface area contributed by atoms with Crippen molar-refractivity contribution in [3.8, 4) is 11.5 Å². The summed E-state index contributed by atoms with van der Waals surface area (Å²) in [5.41, 5.74) is 8.28. The van der Waals surface area contributed by atoms with Crippen LogP contribution in [0.2, 0.25) is 0 Å². The van der Waals surface area contributed by atoms with E-state index >= 15 is 0 Å². The molecule has 0 amide bonds. The van der Waals surface area contributed by atoms with Gasteiger partial charge in [0.25, 0.3) is 0 Å². The molecule has 16 heavy (non-hydrogen) atoms. The number of hydrogen-bond acceptors (Lipinski definition) is 7. The van der Waals surface area contributed by atoms with Crippen molar-refractivity contribution in [1.29, 1.82) is 0 Å². The molecule has 2 aromatic heterocycles. The van der Waals surface area contributed by atoms with Gasteiger partial charge in [0.15, 0.2) is 0 Å². The molecule has 0 aliphatic carbocycles. The minimum atomic E-state index is -0.292. The van der Waals surface area contributed by atoms with E-state index in [2.05, 4.69) is 15.1 Å². The fraction of sp³-hybridized carbons (Fsp3) is 0.444. The van der Waals surface area contributed by atoms with E-state index < -0.39 is 0 Å². The van der Waals surface area contributed by atoms with Gasteiger partial charge in [-0.05, 0) is 6.42 Å². The Labute approximate surface area is 96.4 Å². The summed E-state index contributed by atoms with van der Waals surface area (Å²) in [6.45, 7) is 0.565. The highest BCUT2D eigenvalue weighted by molar-refractivity contribution is 7.07. The summed E-state index contributed by atoms with van der Waals surface area (Å²) in [5, 5.41) is 5.68. The number of nitrogens with zero attached hydrogens (tertiary/aromatic N) is 3. The van der Waals surface area contributed by atoms with Gasteiger partial charge in [0.2, 0.25) is 11.7 Å². The van der Waals surface area contributed by atoms with Crippen LogP contribution in [0, 0.1) is 0 Å². The van der Waals surface area contributed by atoms with Crippen LogP contribution in [0.4, 0.5) is 0 Å². The topological polar surface area (TPSA) is 87.1 Å². The van der Waals surface area contributed by atoms with Gasteiger partial charge < -0.3 is 15.0 Å². The zero-order valence-corrected chi connectivity index (χ0v) is 9.61. The molecule has 1 atom stereocenters. The van der Waals surface area contributed by atoms with Gasteiger partial charge in [-0.15, -0.1) is 11.3 Å². The summed E-state index contributed by atoms with van der Waals surface area (Å²) in [4.78, 5) is 8.28. The van der Waals surface area contributed by atoms with E-state index in [-0.39, 0.29) is 6.04 Å². The van der Waals surface area contributed by atoms with Crippen molar-refractivity contribution in [2.24, 2.45) is 5.73 Å². The normalized spacial score (nSPS) is 12.9. The van der Waals surface area contributed by atoms with Crippen molar-refractivity contribution in [2.45, 2.75) is 12.5 Å². The standard InChI is InChI=1S/C9H12N4O2S/c1-14-3-2-6(10)9-12-8(13-15-9)7-4-16-5-11-7/h4-6H,2-3,10H2,1H3. The first-order valence-corrected chi connectivity index (χ1v) is 5.72. The summed E-state index contributed by atoms with van der Waals surface area (Å²) in [5.74, 6) is 0.893. The fourth-order valence-electron chi connectivity index (χ4n) is 1.18. The van der Waals surface area contributed by atoms with Crippen LogP contribution in [0.25, 0.3) is 11.5 Å². The zero-order chi connectivity index (χ0) is 11.4. The molecule has 0 saturated heterocycles. The van der Waals surface area contributed by atoms with Gasteiger partial charge in [-0.25, -0.2) is 4.98 Å². The van der Waals surface area contributed by atoms with Gasteiger partial charge in [0.1, 0.15) is 5.69 Å². The number of rotatable bonds is 5. The van der Waals surface area contributed by atoms with Gasteiger partial charge in [-0.3, -0.25) is 0 Å². The minimum Gasteiger partial charge on any atom is -0.385 e. The molecule has 0 fully saturated rings. The van der Waals surface area contributed by atoms with Crippen molar-refractivity contribution in [3.63, 3.8) is 0 Å². The summed E-state index contributed by atoms with van der Waals surface area (Å²) in [6, 6.07) is -0.292. The molecular weight excluding hydrogens is 228 g/mol. The molecule has 7 heteroatoms. The summed E-state index contributed by atoms with van der Waals surface area (Å²) in [6.07, 6.45) is 0.648. The lowest BCUT2D eigenvalue weighted by Gasteiger charge is -2.03. The van der Waals surface area contributed by atoms with Crippen LogP contribution >= 0.6 is 11.3 Å². The molecule has 0 aliphatic rings. The SMILES string of the molecule is COCCC(N)c1nc(-c2cscn2)no1. The molecule has 0 radical (unpaired) electrons. The molecule has 0 aromatic carbocycles. The Bertz CT molecular complexity index is 428. The summed E-state index contributed by atoms with van der Waals surface area (Å²) in [7, 11) is 1.63. The predicted molar refractivity (Wildman–Crippen MR) is 58.8 cm³/mol. The van der Waals surface area contributed by atoms with Gasteiger partial charge in [-0.2, -0.15) is 4.98 Å². The maximum absolute atomic E-state index is 5.85. The van der Waals surface area contributed by atoms with Crippen LogP contribution in [-0.4, -0.2) is 28.8 Å². The molecular formula is C9H12N4O2S. The molecule has 2 aromatic rings. The van der Waals surface area contributed by atoms with E-state index in [1.807, 2.05) is 5.38 Å². The van der Waals surface area contributed by atoms with Crippen LogP contribution in [0.15, 0.2) is 15.4 Å². The predicted octanol–water partition coefficient (Wildman–Crippen LogP) is 1.23. The van der Waals surface area contributed by atoms with E-state index in [1.54, 1.807) is 12.6 Å². The molecule has 2 N–H and O–H groups in total. The number of hydrogen-bond donors (Lipinski definition) is 1. The summed E-state index contributed by atoms with van der Waals surface area (Å²) >= 11 is 1.48. The van der Waals surface area contributed by atoms with E-state index in [0.717, 1.165) is 0 Å². The number of nitrogens with two attached hydrogens (primary N) is 1. The number of ether oxygens (including phenoxy) is 1. The lowest BCUT2D eigenvalue weighted by Crippen LogP contribution is -2.12. The van der Waals surface area contributed by atoms with Crippen molar-refractivity contribution in [3.05, 3.63) is 16.8 Å². The zero-order valence-electron chi connectivity index (χ0n) is 8.79. The molecule has 0 aliphatic heterocycles. The monoisotopic (exact) mass is 240 g/mol. The first-order valence-electron chi connectivity index (χ1n) is 4.78. The molecule has 0 saturated carbocycles. The van der Waals surface area contributed by atoms with Gasteiger partial charge in [0.05, 0.1) is 11.6 Å². The van der Waals surface area contributed by atoms with Gasteiger partial charge in [0, 0.05) is 19.1 Å². The Morgan fingerprint density at radius 1 is 1.62 bits per heavy atom. The lowest BCUT2D eigenvalue weighted by atomic mass is 10.2. The second kappa shape index (κ2) is 5.15. The maximum Gasteiger partial charge on any atom is 0.244 e. The number of aromatic nitrogens is 3. The second-order valence-corrected chi connectivity index (χ2v) is 3.94. The highest BCUT2D eigenvalue weighted by Gasteiger charge is 2.16. The Morgan fingerprint density at radius 2 is 2.50 bits per heavy atom. The third-order valence-electron chi connectivity index (χ3n) is 2.05. The molecule has 0 spiro atoms. The molecule has 0 bridgehead atoms. The van der Waals surface area contributed by atoms with Crippen LogP contribution in [0.1, 0.15) is 18.4 Å². The smallest absolute Gasteiger partial charge is 0.244 e. The average Bonchev–Trinajstić information content (AvgIpc) is 2.94. The van der Waals surface area contributed by atoms with Crippen LogP contribution in [0.3, 0.4) is 0 Å². The van der Waals surface area contributed by atoms with E-state index in [9.17, 15) is 0 Å². The third-order valence-corrected chi connectivity index (χ3v) is 2.64. The minimum absolute atomic E-state index is 0.292. The molecule has 2 rings (SSSR count). The molecule has 86 valence electrons. The van der Waals surface area contributed by atoms with E-state index in [1.165, 1.54) is 11.3 Å². The highest BCUT2D eigenvalue weighted by atomic mass is 32.1.